The summed E-state index contributed by atoms with van der Waals surface area (Å²) in [5, 5.41) is 7.24. The number of rotatable bonds is 2. The number of aromatic nitrogens is 3. The molecule has 2 rings (SSSR count). The van der Waals surface area contributed by atoms with Crippen LogP contribution in [0.3, 0.4) is 0 Å². The van der Waals surface area contributed by atoms with E-state index in [-0.39, 0.29) is 0 Å². The smallest absolute Gasteiger partial charge is 0.131 e. The van der Waals surface area contributed by atoms with Gasteiger partial charge in [0.2, 0.25) is 0 Å². The van der Waals surface area contributed by atoms with Crippen molar-refractivity contribution in [2.45, 2.75) is 20.8 Å². The molecule has 2 aromatic heterocycles. The van der Waals surface area contributed by atoms with Crippen molar-refractivity contribution < 1.29 is 0 Å². The van der Waals surface area contributed by atoms with Gasteiger partial charge in [-0.2, -0.15) is 5.10 Å². The fourth-order valence-electron chi connectivity index (χ4n) is 1.23. The van der Waals surface area contributed by atoms with Crippen molar-refractivity contribution >= 4 is 11.6 Å². The van der Waals surface area contributed by atoms with Gasteiger partial charge in [0, 0.05) is 19.3 Å². The summed E-state index contributed by atoms with van der Waals surface area (Å²) in [6.07, 6.45) is 3.53. The predicted molar refractivity (Wildman–Crippen MR) is 66.8 cm³/mol. The Hall–Kier alpha value is -1.84. The minimum absolute atomic E-state index is 0.841. The lowest BCUT2D eigenvalue weighted by molar-refractivity contribution is 0.776. The Kier molecular flexibility index (Phi) is 4.51. The van der Waals surface area contributed by atoms with Gasteiger partial charge in [-0.3, -0.25) is 4.68 Å². The number of aryl methyl sites for hydroxylation is 2. The van der Waals surface area contributed by atoms with Gasteiger partial charge < -0.3 is 5.32 Å². The van der Waals surface area contributed by atoms with E-state index in [1.807, 2.05) is 46.0 Å². The van der Waals surface area contributed by atoms with Crippen molar-refractivity contribution in [3.05, 3.63) is 36.2 Å². The molecule has 0 unspecified atom stereocenters. The highest BCUT2D eigenvalue weighted by molar-refractivity contribution is 5.51. The van der Waals surface area contributed by atoms with Gasteiger partial charge in [0.25, 0.3) is 0 Å². The molecule has 0 aliphatic carbocycles. The van der Waals surface area contributed by atoms with Crippen molar-refractivity contribution in [1.82, 2.24) is 14.8 Å². The predicted octanol–water partition coefficient (Wildman–Crippen LogP) is 2.89. The standard InChI is InChI=1S/C10H12N4.C2H6/c1-8-3-5-11-9(7-8)13-10-4-6-12-14(10)2;1-2/h3-7H,1-2H3,(H,11,13);1-2H3. The molecule has 0 fully saturated rings. The summed E-state index contributed by atoms with van der Waals surface area (Å²) in [5.41, 5.74) is 1.18. The van der Waals surface area contributed by atoms with Crippen LogP contribution in [0.5, 0.6) is 0 Å². The summed E-state index contributed by atoms with van der Waals surface area (Å²) >= 11 is 0. The van der Waals surface area contributed by atoms with Gasteiger partial charge in [-0.05, 0) is 24.6 Å². The molecular weight excluding hydrogens is 200 g/mol. The molecule has 0 saturated carbocycles. The number of hydrogen-bond donors (Lipinski definition) is 1. The fraction of sp³-hybridized carbons (Fsp3) is 0.333. The Balaban J connectivity index is 0.000000606. The molecule has 4 heteroatoms. The Morgan fingerprint density at radius 1 is 1.19 bits per heavy atom. The third-order valence-corrected chi connectivity index (χ3v) is 1.99. The van der Waals surface area contributed by atoms with Crippen LogP contribution < -0.4 is 5.32 Å². The lowest BCUT2D eigenvalue weighted by Gasteiger charge is -2.05. The second kappa shape index (κ2) is 5.90. The molecule has 0 spiro atoms. The van der Waals surface area contributed by atoms with Crippen LogP contribution in [0, 0.1) is 6.92 Å². The summed E-state index contributed by atoms with van der Waals surface area (Å²) in [6.45, 7) is 6.04. The van der Waals surface area contributed by atoms with Crippen LogP contribution >= 0.6 is 0 Å². The zero-order valence-corrected chi connectivity index (χ0v) is 10.2. The van der Waals surface area contributed by atoms with Crippen LogP contribution in [0.25, 0.3) is 0 Å². The highest BCUT2D eigenvalue weighted by atomic mass is 15.3. The molecule has 0 amide bonds. The normalized spacial score (nSPS) is 9.25. The zero-order valence-electron chi connectivity index (χ0n) is 10.2. The van der Waals surface area contributed by atoms with E-state index in [1.165, 1.54) is 5.56 Å². The minimum atomic E-state index is 0.841. The number of pyridine rings is 1. The Morgan fingerprint density at radius 3 is 2.50 bits per heavy atom. The SMILES string of the molecule is CC.Cc1ccnc(Nc2ccnn2C)c1. The third-order valence-electron chi connectivity index (χ3n) is 1.99. The number of hydrogen-bond acceptors (Lipinski definition) is 3. The first-order chi connectivity index (χ1) is 7.75. The zero-order chi connectivity index (χ0) is 12.0. The summed E-state index contributed by atoms with van der Waals surface area (Å²) < 4.78 is 1.77. The van der Waals surface area contributed by atoms with Crippen molar-refractivity contribution in [3.8, 4) is 0 Å². The minimum Gasteiger partial charge on any atom is -0.325 e. The van der Waals surface area contributed by atoms with Gasteiger partial charge in [0.15, 0.2) is 0 Å². The second-order valence-electron chi connectivity index (χ2n) is 3.18. The van der Waals surface area contributed by atoms with Gasteiger partial charge in [-0.1, -0.05) is 13.8 Å². The van der Waals surface area contributed by atoms with Crippen molar-refractivity contribution in [2.75, 3.05) is 5.32 Å². The van der Waals surface area contributed by atoms with E-state index in [1.54, 1.807) is 17.1 Å². The highest BCUT2D eigenvalue weighted by Crippen LogP contribution is 2.13. The largest absolute Gasteiger partial charge is 0.325 e. The third kappa shape index (κ3) is 3.08. The van der Waals surface area contributed by atoms with Gasteiger partial charge in [-0.15, -0.1) is 0 Å². The van der Waals surface area contributed by atoms with E-state index in [4.69, 9.17) is 0 Å². The molecule has 86 valence electrons. The number of anilines is 2. The maximum absolute atomic E-state index is 4.20. The maximum Gasteiger partial charge on any atom is 0.131 e. The average molecular weight is 218 g/mol. The Labute approximate surface area is 96.3 Å². The molecule has 1 N–H and O–H groups in total. The topological polar surface area (TPSA) is 42.7 Å². The van der Waals surface area contributed by atoms with Gasteiger partial charge in [0.05, 0.1) is 6.20 Å². The molecule has 0 aromatic carbocycles. The van der Waals surface area contributed by atoms with E-state index in [0.717, 1.165) is 11.6 Å². The van der Waals surface area contributed by atoms with E-state index in [9.17, 15) is 0 Å². The van der Waals surface area contributed by atoms with Crippen LogP contribution in [-0.2, 0) is 7.05 Å². The van der Waals surface area contributed by atoms with Gasteiger partial charge >= 0.3 is 0 Å². The Morgan fingerprint density at radius 2 is 1.94 bits per heavy atom. The molecule has 4 nitrogen and oxygen atoms in total. The van der Waals surface area contributed by atoms with Crippen LogP contribution in [0.1, 0.15) is 19.4 Å². The monoisotopic (exact) mass is 218 g/mol. The number of nitrogens with one attached hydrogen (secondary N) is 1. The quantitative estimate of drug-likeness (QED) is 0.842. The lowest BCUT2D eigenvalue weighted by atomic mass is 10.3. The van der Waals surface area contributed by atoms with Gasteiger partial charge in [0.1, 0.15) is 11.6 Å². The molecule has 0 aliphatic rings. The molecule has 0 bridgehead atoms. The molecule has 0 saturated heterocycles. The van der Waals surface area contributed by atoms with Crippen LogP contribution in [0.15, 0.2) is 30.6 Å². The van der Waals surface area contributed by atoms with Crippen molar-refractivity contribution in [2.24, 2.45) is 7.05 Å². The van der Waals surface area contributed by atoms with E-state index in [2.05, 4.69) is 15.4 Å². The molecule has 2 aromatic rings. The summed E-state index contributed by atoms with van der Waals surface area (Å²) in [5.74, 6) is 1.77. The molecule has 0 aliphatic heterocycles. The van der Waals surface area contributed by atoms with Gasteiger partial charge in [-0.25, -0.2) is 4.98 Å². The average Bonchev–Trinajstić information content (AvgIpc) is 2.68. The van der Waals surface area contributed by atoms with E-state index < -0.39 is 0 Å². The molecule has 2 heterocycles. The summed E-state index contributed by atoms with van der Waals surface area (Å²) in [7, 11) is 1.89. The van der Waals surface area contributed by atoms with E-state index in [0.29, 0.717) is 0 Å². The van der Waals surface area contributed by atoms with Crippen LogP contribution in [0.4, 0.5) is 11.6 Å². The summed E-state index contributed by atoms with van der Waals surface area (Å²) in [4.78, 5) is 4.20. The first kappa shape index (κ1) is 12.2. The van der Waals surface area contributed by atoms with Crippen molar-refractivity contribution in [1.29, 1.82) is 0 Å². The molecule has 0 radical (unpaired) electrons. The fourth-order valence-corrected chi connectivity index (χ4v) is 1.23. The highest BCUT2D eigenvalue weighted by Gasteiger charge is 1.99. The molecule has 16 heavy (non-hydrogen) atoms. The van der Waals surface area contributed by atoms with Crippen LogP contribution in [-0.4, -0.2) is 14.8 Å². The van der Waals surface area contributed by atoms with Crippen LogP contribution in [0.2, 0.25) is 0 Å². The van der Waals surface area contributed by atoms with E-state index >= 15 is 0 Å². The molecular formula is C12H18N4. The first-order valence-electron chi connectivity index (χ1n) is 5.43. The maximum atomic E-state index is 4.20. The lowest BCUT2D eigenvalue weighted by Crippen LogP contribution is -2.00. The van der Waals surface area contributed by atoms with Crippen molar-refractivity contribution in [3.63, 3.8) is 0 Å². The number of nitrogens with zero attached hydrogens (tertiary/aromatic N) is 3. The Bertz CT molecular complexity index is 434. The molecule has 0 atom stereocenters. The summed E-state index contributed by atoms with van der Waals surface area (Å²) in [6, 6.07) is 5.87. The first-order valence-corrected chi connectivity index (χ1v) is 5.43. The second-order valence-corrected chi connectivity index (χ2v) is 3.18.